The van der Waals surface area contributed by atoms with Gasteiger partial charge in [0.25, 0.3) is 10.0 Å². The number of carboxylic acids is 1. The molecule has 22 heavy (non-hydrogen) atoms. The predicted octanol–water partition coefficient (Wildman–Crippen LogP) is 2.89. The van der Waals surface area contributed by atoms with E-state index in [4.69, 9.17) is 5.11 Å². The van der Waals surface area contributed by atoms with Gasteiger partial charge >= 0.3 is 5.97 Å². The molecule has 114 valence electrons. The lowest BCUT2D eigenvalue weighted by Crippen LogP contribution is -2.12. The number of carbonyl (C=O) groups is 1. The Labute approximate surface area is 129 Å². The summed E-state index contributed by atoms with van der Waals surface area (Å²) >= 11 is 0. The van der Waals surface area contributed by atoms with Crippen molar-refractivity contribution in [3.63, 3.8) is 0 Å². The van der Waals surface area contributed by atoms with Crippen molar-refractivity contribution in [2.75, 3.05) is 4.72 Å². The van der Waals surface area contributed by atoms with Crippen molar-refractivity contribution in [1.82, 2.24) is 0 Å². The fourth-order valence-electron chi connectivity index (χ4n) is 1.85. The molecule has 0 amide bonds. The lowest BCUT2D eigenvalue weighted by molar-refractivity contribution is -0.131. The maximum atomic E-state index is 12.3. The fourth-order valence-corrected chi connectivity index (χ4v) is 2.90. The first kappa shape index (κ1) is 15.8. The Bertz CT molecular complexity index is 808. The fraction of sp³-hybridized carbons (Fsp3) is 0.0625. The van der Waals surface area contributed by atoms with E-state index in [-0.39, 0.29) is 4.90 Å². The van der Waals surface area contributed by atoms with E-state index in [0.717, 1.165) is 11.6 Å². The second-order valence-corrected chi connectivity index (χ2v) is 6.40. The Morgan fingerprint density at radius 1 is 1.14 bits per heavy atom. The first-order chi connectivity index (χ1) is 10.4. The highest BCUT2D eigenvalue weighted by Crippen LogP contribution is 2.17. The normalized spacial score (nSPS) is 11.5. The van der Waals surface area contributed by atoms with Crippen LogP contribution in [0.1, 0.15) is 11.1 Å². The molecule has 2 N–H and O–H groups in total. The van der Waals surface area contributed by atoms with Crippen molar-refractivity contribution in [3.8, 4) is 0 Å². The van der Waals surface area contributed by atoms with Gasteiger partial charge < -0.3 is 5.11 Å². The number of nitrogens with one attached hydrogen (secondary N) is 1. The van der Waals surface area contributed by atoms with Crippen LogP contribution in [0.3, 0.4) is 0 Å². The number of aryl methyl sites for hydroxylation is 1. The van der Waals surface area contributed by atoms with Crippen LogP contribution in [0.4, 0.5) is 5.69 Å². The highest BCUT2D eigenvalue weighted by atomic mass is 32.2. The third-order valence-electron chi connectivity index (χ3n) is 2.88. The maximum absolute atomic E-state index is 12.3. The van der Waals surface area contributed by atoms with Crippen LogP contribution >= 0.6 is 0 Å². The van der Waals surface area contributed by atoms with Gasteiger partial charge in [0.15, 0.2) is 0 Å². The average Bonchev–Trinajstić information content (AvgIpc) is 2.45. The largest absolute Gasteiger partial charge is 0.478 e. The zero-order chi connectivity index (χ0) is 16.2. The number of rotatable bonds is 5. The van der Waals surface area contributed by atoms with E-state index < -0.39 is 16.0 Å². The van der Waals surface area contributed by atoms with Gasteiger partial charge in [-0.05, 0) is 48.4 Å². The highest BCUT2D eigenvalue weighted by Gasteiger charge is 2.13. The summed E-state index contributed by atoms with van der Waals surface area (Å²) in [5.41, 5.74) is 2.06. The van der Waals surface area contributed by atoms with Gasteiger partial charge in [0, 0.05) is 11.8 Å². The van der Waals surface area contributed by atoms with Gasteiger partial charge in [0.1, 0.15) is 0 Å². The van der Waals surface area contributed by atoms with Crippen molar-refractivity contribution in [3.05, 3.63) is 65.7 Å². The molecule has 5 nitrogen and oxygen atoms in total. The summed E-state index contributed by atoms with van der Waals surface area (Å²) in [5.74, 6) is -1.06. The third-order valence-corrected chi connectivity index (χ3v) is 4.28. The zero-order valence-electron chi connectivity index (χ0n) is 11.9. The topological polar surface area (TPSA) is 83.5 Å². The van der Waals surface area contributed by atoms with Crippen LogP contribution in [0.2, 0.25) is 0 Å². The van der Waals surface area contributed by atoms with Gasteiger partial charge in [-0.2, -0.15) is 0 Å². The van der Waals surface area contributed by atoms with Crippen LogP contribution in [0.25, 0.3) is 6.08 Å². The molecule has 6 heteroatoms. The molecule has 0 saturated carbocycles. The van der Waals surface area contributed by atoms with Gasteiger partial charge in [-0.1, -0.05) is 24.3 Å². The molecule has 0 spiro atoms. The summed E-state index contributed by atoms with van der Waals surface area (Å²) in [6, 6.07) is 13.0. The first-order valence-corrected chi connectivity index (χ1v) is 7.96. The summed E-state index contributed by atoms with van der Waals surface area (Å²) in [7, 11) is -3.67. The minimum Gasteiger partial charge on any atom is -0.478 e. The molecule has 0 atom stereocenters. The maximum Gasteiger partial charge on any atom is 0.328 e. The van der Waals surface area contributed by atoms with E-state index in [1.807, 2.05) is 13.0 Å². The van der Waals surface area contributed by atoms with Gasteiger partial charge in [0.05, 0.1) is 4.90 Å². The number of aliphatic carboxylic acids is 1. The van der Waals surface area contributed by atoms with Crippen molar-refractivity contribution in [1.29, 1.82) is 0 Å². The molecule has 0 aliphatic carbocycles. The molecule has 0 unspecified atom stereocenters. The second-order valence-electron chi connectivity index (χ2n) is 4.72. The molecule has 0 aliphatic heterocycles. The highest BCUT2D eigenvalue weighted by molar-refractivity contribution is 7.92. The monoisotopic (exact) mass is 317 g/mol. The standard InChI is InChI=1S/C16H15NO4S/c1-12-3-2-4-14(11-12)17-22(20,21)15-8-5-13(6-9-15)7-10-16(18)19/h2-11,17H,1H3,(H,18,19)/b10-7+. The molecule has 2 rings (SSSR count). The molecular weight excluding hydrogens is 302 g/mol. The number of benzene rings is 2. The number of anilines is 1. The molecular formula is C16H15NO4S. The molecule has 2 aromatic carbocycles. The molecule has 0 fully saturated rings. The van der Waals surface area contributed by atoms with E-state index in [1.165, 1.54) is 18.2 Å². The molecule has 0 aromatic heterocycles. The minimum absolute atomic E-state index is 0.112. The van der Waals surface area contributed by atoms with Crippen LogP contribution in [-0.2, 0) is 14.8 Å². The van der Waals surface area contributed by atoms with Crippen LogP contribution in [0, 0.1) is 6.92 Å². The summed E-state index contributed by atoms with van der Waals surface area (Å²) in [6.07, 6.45) is 2.39. The smallest absolute Gasteiger partial charge is 0.328 e. The summed E-state index contributed by atoms with van der Waals surface area (Å²) in [5, 5.41) is 8.55. The molecule has 0 heterocycles. The van der Waals surface area contributed by atoms with Crippen LogP contribution in [0.15, 0.2) is 59.5 Å². The first-order valence-electron chi connectivity index (χ1n) is 6.47. The van der Waals surface area contributed by atoms with E-state index in [2.05, 4.69) is 4.72 Å². The van der Waals surface area contributed by atoms with Crippen LogP contribution < -0.4 is 4.72 Å². The van der Waals surface area contributed by atoms with Crippen molar-refractivity contribution in [2.45, 2.75) is 11.8 Å². The SMILES string of the molecule is Cc1cccc(NS(=O)(=O)c2ccc(/C=C/C(=O)O)cc2)c1. The summed E-state index contributed by atoms with van der Waals surface area (Å²) in [6.45, 7) is 1.88. The van der Waals surface area contributed by atoms with Crippen LogP contribution in [0.5, 0.6) is 0 Å². The molecule has 0 aliphatic rings. The van der Waals surface area contributed by atoms with Crippen LogP contribution in [-0.4, -0.2) is 19.5 Å². The van der Waals surface area contributed by atoms with Gasteiger partial charge in [-0.3, -0.25) is 4.72 Å². The summed E-state index contributed by atoms with van der Waals surface area (Å²) < 4.78 is 27.0. The number of hydrogen-bond acceptors (Lipinski definition) is 3. The van der Waals surface area contributed by atoms with Gasteiger partial charge in [0.2, 0.25) is 0 Å². The number of sulfonamides is 1. The molecule has 0 bridgehead atoms. The lowest BCUT2D eigenvalue weighted by atomic mass is 10.2. The number of hydrogen-bond donors (Lipinski definition) is 2. The van der Waals surface area contributed by atoms with E-state index in [9.17, 15) is 13.2 Å². The van der Waals surface area contributed by atoms with Crippen molar-refractivity contribution < 1.29 is 18.3 Å². The Morgan fingerprint density at radius 3 is 2.41 bits per heavy atom. The predicted molar refractivity (Wildman–Crippen MR) is 85.1 cm³/mol. The minimum atomic E-state index is -3.67. The Kier molecular flexibility index (Phi) is 4.62. The average molecular weight is 317 g/mol. The zero-order valence-corrected chi connectivity index (χ0v) is 12.7. The lowest BCUT2D eigenvalue weighted by Gasteiger charge is -2.08. The third kappa shape index (κ3) is 4.20. The Hall–Kier alpha value is -2.60. The quantitative estimate of drug-likeness (QED) is 0.831. The van der Waals surface area contributed by atoms with E-state index >= 15 is 0 Å². The van der Waals surface area contributed by atoms with E-state index in [1.54, 1.807) is 30.3 Å². The van der Waals surface area contributed by atoms with Crippen molar-refractivity contribution in [2.24, 2.45) is 0 Å². The molecule has 2 aromatic rings. The van der Waals surface area contributed by atoms with E-state index in [0.29, 0.717) is 11.3 Å². The Morgan fingerprint density at radius 2 is 1.82 bits per heavy atom. The second kappa shape index (κ2) is 6.44. The Balaban J connectivity index is 2.21. The van der Waals surface area contributed by atoms with Gasteiger partial charge in [-0.25, -0.2) is 13.2 Å². The molecule has 0 saturated heterocycles. The number of carboxylic acid groups (broad SMARTS) is 1. The molecule has 0 radical (unpaired) electrons. The van der Waals surface area contributed by atoms with Crippen molar-refractivity contribution >= 4 is 27.8 Å². The summed E-state index contributed by atoms with van der Waals surface area (Å²) in [4.78, 5) is 10.5. The van der Waals surface area contributed by atoms with Gasteiger partial charge in [-0.15, -0.1) is 0 Å².